The van der Waals surface area contributed by atoms with E-state index in [4.69, 9.17) is 10.5 Å². The number of aromatic nitrogens is 4. The number of aliphatic hydroxyl groups is 2. The van der Waals surface area contributed by atoms with Crippen LogP contribution in [0.5, 0.6) is 0 Å². The van der Waals surface area contributed by atoms with Crippen molar-refractivity contribution in [3.8, 4) is 0 Å². The molecule has 0 unspecified atom stereocenters. The SMILES string of the molecule is Nc1nc2c(ncn2[C@@H]2O[C@H](COP(=O)([O-])[O-])[C@@H](O)[C@H]2O)c(=O)[nH]1.[Zn+2]. The largest absolute Gasteiger partial charge is 2.00 e. The van der Waals surface area contributed by atoms with E-state index in [2.05, 4.69) is 19.5 Å². The average Bonchev–Trinajstić information content (AvgIpc) is 3.00. The number of H-pyrrole nitrogens is 1. The van der Waals surface area contributed by atoms with Crippen LogP contribution in [-0.2, 0) is 33.3 Å². The average molecular weight is 427 g/mol. The Morgan fingerprint density at radius 3 is 2.76 bits per heavy atom. The molecule has 2 aromatic rings. The number of rotatable bonds is 4. The smallest absolute Gasteiger partial charge is 0.790 e. The Hall–Kier alpha value is -1.24. The first-order chi connectivity index (χ1) is 11.2. The summed E-state index contributed by atoms with van der Waals surface area (Å²) in [4.78, 5) is 42.7. The first-order valence-corrected chi connectivity index (χ1v) is 8.04. The van der Waals surface area contributed by atoms with E-state index in [0.29, 0.717) is 0 Å². The van der Waals surface area contributed by atoms with Gasteiger partial charge in [-0.2, -0.15) is 4.98 Å². The molecule has 3 heterocycles. The molecular formula is C10H12N5O8PZn. The molecule has 4 atom stereocenters. The van der Waals surface area contributed by atoms with Crippen molar-refractivity contribution in [2.45, 2.75) is 24.5 Å². The number of fused-ring (bicyclic) bond motifs is 1. The molecule has 132 valence electrons. The number of nitrogens with one attached hydrogen (secondary N) is 1. The van der Waals surface area contributed by atoms with Crippen LogP contribution in [0.2, 0.25) is 0 Å². The molecule has 1 aliphatic heterocycles. The van der Waals surface area contributed by atoms with Crippen molar-refractivity contribution in [2.24, 2.45) is 0 Å². The molecule has 25 heavy (non-hydrogen) atoms. The van der Waals surface area contributed by atoms with Gasteiger partial charge in [-0.15, -0.1) is 0 Å². The fourth-order valence-electron chi connectivity index (χ4n) is 2.39. The Bertz CT molecular complexity index is 867. The maximum Gasteiger partial charge on any atom is 2.00 e. The molecule has 0 bridgehead atoms. The molecule has 15 heteroatoms. The molecular weight excluding hydrogens is 415 g/mol. The molecule has 0 radical (unpaired) electrons. The Morgan fingerprint density at radius 2 is 2.12 bits per heavy atom. The second-order valence-corrected chi connectivity index (χ2v) is 6.22. The first-order valence-electron chi connectivity index (χ1n) is 6.58. The fourth-order valence-corrected chi connectivity index (χ4v) is 2.72. The summed E-state index contributed by atoms with van der Waals surface area (Å²) in [6, 6.07) is 0. The predicted molar refractivity (Wildman–Crippen MR) is 72.0 cm³/mol. The van der Waals surface area contributed by atoms with E-state index in [1.165, 1.54) is 0 Å². The van der Waals surface area contributed by atoms with Crippen LogP contribution in [0.15, 0.2) is 11.1 Å². The molecule has 1 aliphatic rings. The Labute approximate surface area is 151 Å². The quantitative estimate of drug-likeness (QED) is 0.274. The van der Waals surface area contributed by atoms with Crippen molar-refractivity contribution in [1.82, 2.24) is 19.5 Å². The topological polar surface area (TPSA) is 212 Å². The third-order valence-corrected chi connectivity index (χ3v) is 3.92. The minimum absolute atomic E-state index is 0. The summed E-state index contributed by atoms with van der Waals surface area (Å²) in [6.45, 7) is -0.776. The molecule has 1 fully saturated rings. The Morgan fingerprint density at radius 1 is 1.44 bits per heavy atom. The fraction of sp³-hybridized carbons (Fsp3) is 0.500. The minimum atomic E-state index is -5.26. The maximum atomic E-state index is 11.7. The Balaban J connectivity index is 0.00000225. The van der Waals surface area contributed by atoms with Gasteiger partial charge in [0.1, 0.15) is 18.3 Å². The van der Waals surface area contributed by atoms with Crippen molar-refractivity contribution >= 4 is 24.9 Å². The van der Waals surface area contributed by atoms with Crippen LogP contribution in [0.25, 0.3) is 11.2 Å². The summed E-state index contributed by atoms with van der Waals surface area (Å²) >= 11 is 0. The number of nitrogen functional groups attached to an aromatic ring is 1. The van der Waals surface area contributed by atoms with E-state index in [0.717, 1.165) is 10.9 Å². The van der Waals surface area contributed by atoms with Crippen LogP contribution in [0.1, 0.15) is 6.23 Å². The molecule has 0 spiro atoms. The zero-order valence-electron chi connectivity index (χ0n) is 12.5. The summed E-state index contributed by atoms with van der Waals surface area (Å²) in [5, 5.41) is 20.0. The van der Waals surface area contributed by atoms with Gasteiger partial charge in [0.05, 0.1) is 20.8 Å². The maximum absolute atomic E-state index is 11.7. The monoisotopic (exact) mass is 425 g/mol. The number of nitrogens with two attached hydrogens (primary N) is 1. The van der Waals surface area contributed by atoms with E-state index in [1.807, 2.05) is 0 Å². The third kappa shape index (κ3) is 3.96. The zero-order valence-corrected chi connectivity index (χ0v) is 16.4. The van der Waals surface area contributed by atoms with E-state index < -0.39 is 44.5 Å². The van der Waals surface area contributed by atoms with E-state index in [-0.39, 0.29) is 36.6 Å². The molecule has 2 aromatic heterocycles. The van der Waals surface area contributed by atoms with Crippen molar-refractivity contribution in [3.05, 3.63) is 16.7 Å². The molecule has 0 aromatic carbocycles. The number of phosphoric ester groups is 1. The molecule has 13 nitrogen and oxygen atoms in total. The van der Waals surface area contributed by atoms with Gasteiger partial charge in [-0.1, -0.05) is 0 Å². The van der Waals surface area contributed by atoms with Gasteiger partial charge in [-0.05, 0) is 0 Å². The molecule has 0 amide bonds. The van der Waals surface area contributed by atoms with Gasteiger partial charge in [-0.25, -0.2) is 4.98 Å². The van der Waals surface area contributed by atoms with Crippen LogP contribution in [0, 0.1) is 0 Å². The number of imidazole rings is 1. The van der Waals surface area contributed by atoms with Crippen molar-refractivity contribution in [1.29, 1.82) is 0 Å². The molecule has 3 rings (SSSR count). The zero-order chi connectivity index (χ0) is 17.6. The minimum Gasteiger partial charge on any atom is -0.790 e. The van der Waals surface area contributed by atoms with Gasteiger partial charge < -0.3 is 39.6 Å². The first kappa shape index (κ1) is 20.1. The van der Waals surface area contributed by atoms with Gasteiger partial charge >= 0.3 is 19.5 Å². The number of aromatic amines is 1. The predicted octanol–water partition coefficient (Wildman–Crippen LogP) is -3.84. The second kappa shape index (κ2) is 7.18. The van der Waals surface area contributed by atoms with E-state index in [1.54, 1.807) is 0 Å². The summed E-state index contributed by atoms with van der Waals surface area (Å²) in [6.07, 6.45) is -4.46. The summed E-state index contributed by atoms with van der Waals surface area (Å²) in [7, 11) is -5.26. The normalized spacial score (nSPS) is 26.7. The number of phosphoric acid groups is 1. The molecule has 0 aliphatic carbocycles. The Kier molecular flexibility index (Phi) is 5.76. The molecule has 5 N–H and O–H groups in total. The third-order valence-electron chi connectivity index (χ3n) is 3.46. The van der Waals surface area contributed by atoms with Crippen LogP contribution in [0.4, 0.5) is 5.95 Å². The van der Waals surface area contributed by atoms with E-state index in [9.17, 15) is 29.4 Å². The second-order valence-electron chi connectivity index (χ2n) is 5.06. The number of hydrogen-bond acceptors (Lipinski definition) is 11. The van der Waals surface area contributed by atoms with Crippen LogP contribution in [0.3, 0.4) is 0 Å². The van der Waals surface area contributed by atoms with Gasteiger partial charge in [0.25, 0.3) is 5.56 Å². The van der Waals surface area contributed by atoms with Crippen molar-refractivity contribution < 1.29 is 53.3 Å². The van der Waals surface area contributed by atoms with Crippen molar-refractivity contribution in [2.75, 3.05) is 12.3 Å². The van der Waals surface area contributed by atoms with Gasteiger partial charge in [0.2, 0.25) is 5.95 Å². The number of anilines is 1. The van der Waals surface area contributed by atoms with Crippen LogP contribution < -0.4 is 21.1 Å². The number of hydrogen-bond donors (Lipinski definition) is 4. The van der Waals surface area contributed by atoms with Crippen LogP contribution >= 0.6 is 7.82 Å². The summed E-state index contributed by atoms with van der Waals surface area (Å²) in [5.41, 5.74) is 4.77. The van der Waals surface area contributed by atoms with Gasteiger partial charge in [0.15, 0.2) is 17.4 Å². The number of aliphatic hydroxyl groups excluding tert-OH is 2. The standard InChI is InChI=1S/C10H14N5O8P.Zn/c11-10-13-7-4(8(18)14-10)12-2-15(7)9-6(17)5(16)3(23-9)1-22-24(19,20)21;/h2-3,5-6,9,16-17H,1H2,(H2,19,20,21)(H3,11,13,14,18);/q;+2/p-2/t3-,5-,6-,9-;/m1./s1. The van der Waals surface area contributed by atoms with Crippen LogP contribution in [-0.4, -0.2) is 54.7 Å². The summed E-state index contributed by atoms with van der Waals surface area (Å²) < 4.78 is 21.0. The molecule has 1 saturated heterocycles. The number of nitrogens with zero attached hydrogens (tertiary/aromatic N) is 3. The van der Waals surface area contributed by atoms with E-state index >= 15 is 0 Å². The van der Waals surface area contributed by atoms with Gasteiger partial charge in [0, 0.05) is 0 Å². The molecule has 0 saturated carbocycles. The summed E-state index contributed by atoms with van der Waals surface area (Å²) in [5.74, 6) is -0.194. The number of ether oxygens (including phenoxy) is 1. The van der Waals surface area contributed by atoms with Gasteiger partial charge in [-0.3, -0.25) is 14.3 Å². The van der Waals surface area contributed by atoms with Crippen molar-refractivity contribution in [3.63, 3.8) is 0 Å².